The highest BCUT2D eigenvalue weighted by atomic mass is 16.6. The van der Waals surface area contributed by atoms with E-state index in [2.05, 4.69) is 11.3 Å². The molecule has 0 aromatic rings. The van der Waals surface area contributed by atoms with Crippen molar-refractivity contribution >= 4 is 11.9 Å². The number of carbonyl (C=O) groups is 2. The zero-order valence-corrected chi connectivity index (χ0v) is 13.6. The fourth-order valence-corrected chi connectivity index (χ4v) is 5.17. The number of ether oxygens (including phenoxy) is 2. The molecule has 0 aromatic carbocycles. The molecule has 4 rings (SSSR count). The van der Waals surface area contributed by atoms with Gasteiger partial charge in [0.2, 0.25) is 0 Å². The molecule has 0 spiro atoms. The van der Waals surface area contributed by atoms with E-state index in [0.29, 0.717) is 38.5 Å². The number of aliphatic hydroxyl groups is 3. The minimum Gasteiger partial charge on any atom is -0.462 e. The van der Waals surface area contributed by atoms with Gasteiger partial charge in [-0.2, -0.15) is 0 Å². The highest BCUT2D eigenvalue weighted by Gasteiger charge is 2.65. The SMILES string of the molecule is C=CC(=O)OCC(O)COC(=O)C12CC3CC(O)(CC(O)(C3)C1)C2. The van der Waals surface area contributed by atoms with Gasteiger partial charge >= 0.3 is 11.9 Å². The maximum Gasteiger partial charge on any atom is 0.330 e. The smallest absolute Gasteiger partial charge is 0.330 e. The van der Waals surface area contributed by atoms with Gasteiger partial charge in [-0.25, -0.2) is 4.79 Å². The first-order chi connectivity index (χ1) is 11.2. The van der Waals surface area contributed by atoms with Crippen LogP contribution in [0.5, 0.6) is 0 Å². The molecule has 4 saturated carbocycles. The quantitative estimate of drug-likeness (QED) is 0.463. The van der Waals surface area contributed by atoms with Crippen molar-refractivity contribution in [3.8, 4) is 0 Å². The Balaban J connectivity index is 1.59. The van der Waals surface area contributed by atoms with E-state index < -0.39 is 34.7 Å². The molecule has 4 aliphatic rings. The average molecular weight is 340 g/mol. The highest BCUT2D eigenvalue weighted by molar-refractivity contribution is 5.81. The molecule has 7 nitrogen and oxygen atoms in total. The summed E-state index contributed by atoms with van der Waals surface area (Å²) in [5, 5.41) is 31.0. The minimum atomic E-state index is -1.13. The molecule has 134 valence electrons. The molecule has 0 amide bonds. The van der Waals surface area contributed by atoms with Gasteiger partial charge in [-0.1, -0.05) is 6.58 Å². The first kappa shape index (κ1) is 17.4. The van der Waals surface area contributed by atoms with Crippen LogP contribution >= 0.6 is 0 Å². The van der Waals surface area contributed by atoms with Crippen molar-refractivity contribution in [2.24, 2.45) is 11.3 Å². The molecule has 3 atom stereocenters. The Morgan fingerprint density at radius 1 is 1.08 bits per heavy atom. The van der Waals surface area contributed by atoms with Gasteiger partial charge in [0, 0.05) is 12.5 Å². The highest BCUT2D eigenvalue weighted by Crippen LogP contribution is 2.63. The maximum atomic E-state index is 12.6. The summed E-state index contributed by atoms with van der Waals surface area (Å²) in [4.78, 5) is 23.5. The van der Waals surface area contributed by atoms with Crippen LogP contribution in [0.1, 0.15) is 38.5 Å². The summed E-state index contributed by atoms with van der Waals surface area (Å²) in [6.45, 7) is 2.65. The Labute approximate surface area is 140 Å². The van der Waals surface area contributed by atoms with E-state index in [1.807, 2.05) is 0 Å². The summed E-state index contributed by atoms with van der Waals surface area (Å²) in [5.74, 6) is -1.05. The first-order valence-electron chi connectivity index (χ1n) is 8.27. The lowest BCUT2D eigenvalue weighted by atomic mass is 9.46. The number of esters is 2. The summed E-state index contributed by atoms with van der Waals surface area (Å²) >= 11 is 0. The molecule has 0 aliphatic heterocycles. The average Bonchev–Trinajstić information content (AvgIpc) is 2.46. The fraction of sp³-hybridized carbons (Fsp3) is 0.765. The molecule has 4 fully saturated rings. The second-order valence-corrected chi connectivity index (χ2v) is 7.82. The summed E-state index contributed by atoms with van der Waals surface area (Å²) in [6.07, 6.45) is 2.57. The molecule has 3 unspecified atom stereocenters. The van der Waals surface area contributed by atoms with Crippen molar-refractivity contribution in [1.82, 2.24) is 0 Å². The molecule has 3 N–H and O–H groups in total. The molecule has 0 heterocycles. The van der Waals surface area contributed by atoms with Gasteiger partial charge in [-0.15, -0.1) is 0 Å². The van der Waals surface area contributed by atoms with E-state index in [-0.39, 0.29) is 19.1 Å². The van der Waals surface area contributed by atoms with Gasteiger partial charge in [-0.3, -0.25) is 4.79 Å². The summed E-state index contributed by atoms with van der Waals surface area (Å²) in [5.41, 5.74) is -2.91. The lowest BCUT2D eigenvalue weighted by Gasteiger charge is -2.61. The van der Waals surface area contributed by atoms with E-state index >= 15 is 0 Å². The molecule has 0 radical (unpaired) electrons. The predicted molar refractivity (Wildman–Crippen MR) is 81.6 cm³/mol. The fourth-order valence-electron chi connectivity index (χ4n) is 5.17. The Morgan fingerprint density at radius 3 is 2.21 bits per heavy atom. The van der Waals surface area contributed by atoms with Gasteiger partial charge < -0.3 is 24.8 Å². The largest absolute Gasteiger partial charge is 0.462 e. The van der Waals surface area contributed by atoms with Crippen LogP contribution in [0.3, 0.4) is 0 Å². The van der Waals surface area contributed by atoms with Crippen LogP contribution < -0.4 is 0 Å². The monoisotopic (exact) mass is 340 g/mol. The second kappa shape index (κ2) is 5.82. The van der Waals surface area contributed by atoms with Crippen LogP contribution in [0, 0.1) is 11.3 Å². The Morgan fingerprint density at radius 2 is 1.67 bits per heavy atom. The van der Waals surface area contributed by atoms with E-state index in [4.69, 9.17) is 4.74 Å². The zero-order valence-electron chi connectivity index (χ0n) is 13.6. The van der Waals surface area contributed by atoms with Gasteiger partial charge in [0.1, 0.15) is 19.3 Å². The van der Waals surface area contributed by atoms with Crippen molar-refractivity contribution in [3.05, 3.63) is 12.7 Å². The summed E-state index contributed by atoms with van der Waals surface area (Å²) < 4.78 is 9.90. The van der Waals surface area contributed by atoms with Crippen molar-refractivity contribution < 1.29 is 34.4 Å². The number of carbonyl (C=O) groups excluding carboxylic acids is 2. The first-order valence-corrected chi connectivity index (χ1v) is 8.27. The summed E-state index contributed by atoms with van der Waals surface area (Å²) in [6, 6.07) is 0. The van der Waals surface area contributed by atoms with Crippen LogP contribution in [0.25, 0.3) is 0 Å². The topological polar surface area (TPSA) is 113 Å². The van der Waals surface area contributed by atoms with Gasteiger partial charge in [-0.05, 0) is 38.0 Å². The van der Waals surface area contributed by atoms with Crippen LogP contribution in [0.2, 0.25) is 0 Å². The number of hydrogen-bond donors (Lipinski definition) is 3. The maximum absolute atomic E-state index is 12.6. The number of aliphatic hydroxyl groups excluding tert-OH is 1. The van der Waals surface area contributed by atoms with Crippen molar-refractivity contribution in [1.29, 1.82) is 0 Å². The van der Waals surface area contributed by atoms with Crippen LogP contribution in [0.4, 0.5) is 0 Å². The molecular formula is C17H24O7. The molecule has 4 aliphatic carbocycles. The normalized spacial score (nSPS) is 40.9. The van der Waals surface area contributed by atoms with E-state index in [0.717, 1.165) is 6.08 Å². The number of rotatable bonds is 6. The third-order valence-corrected chi connectivity index (χ3v) is 5.43. The molecule has 0 aromatic heterocycles. The lowest BCUT2D eigenvalue weighted by molar-refractivity contribution is -0.238. The number of hydrogen-bond acceptors (Lipinski definition) is 7. The lowest BCUT2D eigenvalue weighted by Crippen LogP contribution is -2.65. The van der Waals surface area contributed by atoms with E-state index in [1.54, 1.807) is 0 Å². The van der Waals surface area contributed by atoms with Gasteiger partial charge in [0.05, 0.1) is 16.6 Å². The molecule has 24 heavy (non-hydrogen) atoms. The van der Waals surface area contributed by atoms with E-state index in [9.17, 15) is 24.9 Å². The van der Waals surface area contributed by atoms with Gasteiger partial charge in [0.15, 0.2) is 0 Å². The van der Waals surface area contributed by atoms with E-state index in [1.165, 1.54) is 0 Å². The third kappa shape index (κ3) is 3.20. The standard InChI is InChI=1S/C17H24O7/c1-2-13(19)23-6-12(18)7-24-14(20)15-3-11-4-16(21,8-15)10-17(22,5-11)9-15/h2,11-12,18,21-22H,1,3-10H2. The third-order valence-electron chi connectivity index (χ3n) is 5.43. The van der Waals surface area contributed by atoms with Crippen molar-refractivity contribution in [2.75, 3.05) is 13.2 Å². The predicted octanol–water partition coefficient (Wildman–Crippen LogP) is 0.0659. The van der Waals surface area contributed by atoms with Crippen LogP contribution in [-0.4, -0.2) is 57.8 Å². The second-order valence-electron chi connectivity index (χ2n) is 7.82. The van der Waals surface area contributed by atoms with Crippen LogP contribution in [0.15, 0.2) is 12.7 Å². The molecular weight excluding hydrogens is 316 g/mol. The molecule has 4 bridgehead atoms. The Kier molecular flexibility index (Phi) is 4.22. The summed E-state index contributed by atoms with van der Waals surface area (Å²) in [7, 11) is 0. The van der Waals surface area contributed by atoms with Gasteiger partial charge in [0.25, 0.3) is 0 Å². The minimum absolute atomic E-state index is 0.113. The van der Waals surface area contributed by atoms with Crippen LogP contribution in [-0.2, 0) is 19.1 Å². The van der Waals surface area contributed by atoms with Crippen molar-refractivity contribution in [2.45, 2.75) is 55.8 Å². The molecule has 0 saturated heterocycles. The Bertz CT molecular complexity index is 539. The van der Waals surface area contributed by atoms with Crippen molar-refractivity contribution in [3.63, 3.8) is 0 Å². The Hall–Kier alpha value is -1.44. The zero-order chi connectivity index (χ0) is 17.6. The molecule has 7 heteroatoms.